The van der Waals surface area contributed by atoms with E-state index < -0.39 is 71.6 Å². The average molecular weight is 629 g/mol. The molecule has 0 aliphatic heterocycles. The first-order valence-corrected chi connectivity index (χ1v) is 15.2. The molecule has 248 valence electrons. The lowest BCUT2D eigenvalue weighted by Crippen LogP contribution is -2.60. The molecule has 0 saturated heterocycles. The first-order chi connectivity index (χ1) is 21.3. The second kappa shape index (κ2) is 18.5. The van der Waals surface area contributed by atoms with Gasteiger partial charge >= 0.3 is 5.97 Å². The molecular weight excluding hydrogens is 580 g/mol. The summed E-state index contributed by atoms with van der Waals surface area (Å²) >= 11 is 0. The van der Waals surface area contributed by atoms with Crippen molar-refractivity contribution in [1.29, 1.82) is 0 Å². The van der Waals surface area contributed by atoms with Gasteiger partial charge in [0.1, 0.15) is 24.2 Å². The summed E-state index contributed by atoms with van der Waals surface area (Å²) in [6.07, 6.45) is 4.74. The van der Waals surface area contributed by atoms with Crippen LogP contribution in [0, 0.1) is 11.8 Å². The zero-order valence-electron chi connectivity index (χ0n) is 26.4. The number of hydrogen-bond acceptors (Lipinski definition) is 8. The van der Waals surface area contributed by atoms with Gasteiger partial charge in [0.2, 0.25) is 23.6 Å². The zero-order chi connectivity index (χ0) is 33.5. The van der Waals surface area contributed by atoms with E-state index in [1.165, 1.54) is 6.33 Å². The number of imidazole rings is 1. The Kier molecular flexibility index (Phi) is 15.2. The highest BCUT2D eigenvalue weighted by Gasteiger charge is 2.33. The highest BCUT2D eigenvalue weighted by Crippen LogP contribution is 2.10. The number of unbranched alkanes of at least 4 members (excludes halogenated alkanes) is 1. The van der Waals surface area contributed by atoms with E-state index >= 15 is 0 Å². The Morgan fingerprint density at radius 1 is 0.800 bits per heavy atom. The van der Waals surface area contributed by atoms with Gasteiger partial charge in [-0.25, -0.2) is 9.78 Å². The number of rotatable bonds is 19. The number of carboxylic acid groups (broad SMARTS) is 1. The molecule has 10 N–H and O–H groups in total. The van der Waals surface area contributed by atoms with E-state index in [9.17, 15) is 29.1 Å². The third-order valence-electron chi connectivity index (χ3n) is 7.30. The van der Waals surface area contributed by atoms with Crippen molar-refractivity contribution in [3.05, 3.63) is 54.1 Å². The largest absolute Gasteiger partial charge is 0.480 e. The number of nitrogens with two attached hydrogens (primary N) is 2. The van der Waals surface area contributed by atoms with Crippen LogP contribution >= 0.6 is 0 Å². The average Bonchev–Trinajstić information content (AvgIpc) is 3.50. The molecule has 1 unspecified atom stereocenters. The summed E-state index contributed by atoms with van der Waals surface area (Å²) in [5.41, 5.74) is 13.1. The molecule has 0 saturated carbocycles. The summed E-state index contributed by atoms with van der Waals surface area (Å²) in [6, 6.07) is 3.67. The number of carbonyl (C=O) groups excluding carboxylic acids is 4. The molecule has 0 aliphatic carbocycles. The minimum atomic E-state index is -1.19. The van der Waals surface area contributed by atoms with Crippen molar-refractivity contribution >= 4 is 29.6 Å². The molecule has 0 fully saturated rings. The second-order valence-corrected chi connectivity index (χ2v) is 11.8. The summed E-state index contributed by atoms with van der Waals surface area (Å²) in [4.78, 5) is 71.9. The fourth-order valence-electron chi connectivity index (χ4n) is 4.64. The van der Waals surface area contributed by atoms with Gasteiger partial charge in [0.25, 0.3) is 0 Å². The molecule has 0 radical (unpaired) electrons. The van der Waals surface area contributed by atoms with Gasteiger partial charge in [-0.15, -0.1) is 0 Å². The Balaban J connectivity index is 2.22. The Hall–Kier alpha value is -4.30. The van der Waals surface area contributed by atoms with E-state index in [0.29, 0.717) is 25.1 Å². The van der Waals surface area contributed by atoms with Crippen LogP contribution in [-0.4, -0.2) is 81.4 Å². The van der Waals surface area contributed by atoms with Crippen LogP contribution in [0.4, 0.5) is 0 Å². The fourth-order valence-corrected chi connectivity index (χ4v) is 4.64. The Morgan fingerprint density at radius 3 is 1.96 bits per heavy atom. The Labute approximate surface area is 263 Å². The predicted molar refractivity (Wildman–Crippen MR) is 168 cm³/mol. The molecule has 5 atom stereocenters. The number of nitrogens with one attached hydrogen (secondary N) is 5. The predicted octanol–water partition coefficient (Wildman–Crippen LogP) is -0.0130. The van der Waals surface area contributed by atoms with Gasteiger partial charge < -0.3 is 42.8 Å². The number of amides is 4. The molecule has 0 aliphatic rings. The molecule has 1 heterocycles. The van der Waals surface area contributed by atoms with Crippen molar-refractivity contribution in [3.63, 3.8) is 0 Å². The minimum Gasteiger partial charge on any atom is -0.480 e. The quantitative estimate of drug-likeness (QED) is 0.0975. The van der Waals surface area contributed by atoms with Crippen molar-refractivity contribution in [3.8, 4) is 0 Å². The van der Waals surface area contributed by atoms with E-state index in [2.05, 4.69) is 31.2 Å². The molecule has 2 aromatic rings. The molecule has 2 rings (SSSR count). The van der Waals surface area contributed by atoms with E-state index in [1.54, 1.807) is 58.2 Å². The van der Waals surface area contributed by atoms with Crippen LogP contribution in [0.25, 0.3) is 0 Å². The summed E-state index contributed by atoms with van der Waals surface area (Å²) in [7, 11) is 0. The van der Waals surface area contributed by atoms with Gasteiger partial charge in [0.15, 0.2) is 0 Å². The van der Waals surface area contributed by atoms with Gasteiger partial charge in [0, 0.05) is 24.7 Å². The Morgan fingerprint density at radius 2 is 1.40 bits per heavy atom. The van der Waals surface area contributed by atoms with Crippen molar-refractivity contribution in [2.75, 3.05) is 6.54 Å². The standard InChI is InChI=1S/C31H48N8O6/c1-18(2)25(38-28(41)23(12-8-9-13-32)36-27(40)22(33)15-21-16-34-17-35-21)30(43)37-24(14-20-10-6-5-7-11-20)29(42)39-26(19(3)4)31(44)45/h5-7,10-11,16-19,22-26H,8-9,12-15,32-33H2,1-4H3,(H,34,35)(H,36,40)(H,37,43)(H,38,41)(H,39,42)(H,44,45)/t22?,23-,24-,25-,26-/m0/s1. The first kappa shape index (κ1) is 36.9. The number of hydrogen-bond donors (Lipinski definition) is 8. The number of benzene rings is 1. The van der Waals surface area contributed by atoms with Crippen LogP contribution in [0.5, 0.6) is 0 Å². The van der Waals surface area contributed by atoms with Crippen LogP contribution in [-0.2, 0) is 36.8 Å². The lowest BCUT2D eigenvalue weighted by Gasteiger charge is -2.28. The normalized spacial score (nSPS) is 14.6. The monoisotopic (exact) mass is 628 g/mol. The summed E-state index contributed by atoms with van der Waals surface area (Å²) < 4.78 is 0. The van der Waals surface area contributed by atoms with E-state index in [0.717, 1.165) is 5.56 Å². The molecule has 14 heteroatoms. The van der Waals surface area contributed by atoms with Crippen molar-refractivity contribution in [2.45, 2.75) is 90.0 Å². The maximum absolute atomic E-state index is 13.6. The molecule has 1 aromatic heterocycles. The van der Waals surface area contributed by atoms with Gasteiger partial charge in [-0.05, 0) is 43.2 Å². The van der Waals surface area contributed by atoms with Crippen LogP contribution in [0.3, 0.4) is 0 Å². The minimum absolute atomic E-state index is 0.0909. The van der Waals surface area contributed by atoms with Gasteiger partial charge in [0.05, 0.1) is 12.4 Å². The number of nitrogens with zero attached hydrogens (tertiary/aromatic N) is 1. The molecule has 1 aromatic carbocycles. The lowest BCUT2D eigenvalue weighted by atomic mass is 9.99. The van der Waals surface area contributed by atoms with Gasteiger partial charge in [-0.1, -0.05) is 58.0 Å². The molecule has 14 nitrogen and oxygen atoms in total. The number of aromatic amines is 1. The van der Waals surface area contributed by atoms with Crippen LogP contribution < -0.4 is 32.7 Å². The molecule has 45 heavy (non-hydrogen) atoms. The fraction of sp³-hybridized carbons (Fsp3) is 0.548. The van der Waals surface area contributed by atoms with Crippen molar-refractivity contribution in [2.24, 2.45) is 23.3 Å². The zero-order valence-corrected chi connectivity index (χ0v) is 26.4. The number of aliphatic carboxylic acids is 1. The van der Waals surface area contributed by atoms with Crippen LogP contribution in [0.2, 0.25) is 0 Å². The summed E-state index contributed by atoms with van der Waals surface area (Å²) in [5.74, 6) is -4.42. The second-order valence-electron chi connectivity index (χ2n) is 11.8. The van der Waals surface area contributed by atoms with Crippen molar-refractivity contribution in [1.82, 2.24) is 31.2 Å². The van der Waals surface area contributed by atoms with Gasteiger partial charge in [-0.2, -0.15) is 0 Å². The van der Waals surface area contributed by atoms with E-state index in [1.807, 2.05) is 6.07 Å². The SMILES string of the molecule is CC(C)[C@H](NC(=O)[C@H](Cc1ccccc1)NC(=O)[C@@H](NC(=O)[C@H](CCCCN)NC(=O)C(N)Cc1cnc[nH]1)C(C)C)C(=O)O. The van der Waals surface area contributed by atoms with E-state index in [4.69, 9.17) is 11.5 Å². The lowest BCUT2D eigenvalue weighted by molar-refractivity contribution is -0.143. The molecule has 0 spiro atoms. The van der Waals surface area contributed by atoms with Crippen LogP contribution in [0.15, 0.2) is 42.9 Å². The molecule has 0 bridgehead atoms. The van der Waals surface area contributed by atoms with E-state index in [-0.39, 0.29) is 19.3 Å². The topological polar surface area (TPSA) is 234 Å². The Bertz CT molecular complexity index is 1240. The van der Waals surface area contributed by atoms with Crippen molar-refractivity contribution < 1.29 is 29.1 Å². The smallest absolute Gasteiger partial charge is 0.326 e. The third kappa shape index (κ3) is 12.3. The third-order valence-corrected chi connectivity index (χ3v) is 7.30. The summed E-state index contributed by atoms with van der Waals surface area (Å²) in [6.45, 7) is 7.21. The van der Waals surface area contributed by atoms with Gasteiger partial charge in [-0.3, -0.25) is 19.2 Å². The summed E-state index contributed by atoms with van der Waals surface area (Å²) in [5, 5.41) is 20.3. The highest BCUT2D eigenvalue weighted by molar-refractivity contribution is 5.95. The number of carboxylic acids is 1. The maximum Gasteiger partial charge on any atom is 0.326 e. The number of H-pyrrole nitrogens is 1. The number of aromatic nitrogens is 2. The number of carbonyl (C=O) groups is 5. The van der Waals surface area contributed by atoms with Crippen LogP contribution in [0.1, 0.15) is 58.2 Å². The molecule has 4 amide bonds. The maximum atomic E-state index is 13.6. The first-order valence-electron chi connectivity index (χ1n) is 15.2. The highest BCUT2D eigenvalue weighted by atomic mass is 16.4. The molecular formula is C31H48N8O6.